The average Bonchev–Trinajstić information content (AvgIpc) is 2.53. The van der Waals surface area contributed by atoms with Gasteiger partial charge in [0.25, 0.3) is 5.91 Å². The first-order valence-corrected chi connectivity index (χ1v) is 9.87. The molecule has 1 N–H and O–H groups in total. The van der Waals surface area contributed by atoms with Gasteiger partial charge in [0, 0.05) is 19.1 Å². The minimum absolute atomic E-state index is 0.214. The van der Waals surface area contributed by atoms with Gasteiger partial charge in [0.2, 0.25) is 16.1 Å². The maximum absolute atomic E-state index is 12.6. The minimum Gasteiger partial charge on any atom is -0.482 e. The van der Waals surface area contributed by atoms with Gasteiger partial charge in [0.15, 0.2) is 11.5 Å². The van der Waals surface area contributed by atoms with Crippen LogP contribution in [-0.4, -0.2) is 56.2 Å². The first-order chi connectivity index (χ1) is 11.3. The number of ether oxygens (including phenoxy) is 2. The van der Waals surface area contributed by atoms with Crippen molar-refractivity contribution in [2.24, 2.45) is 0 Å². The van der Waals surface area contributed by atoms with Crippen molar-refractivity contribution in [3.8, 4) is 11.5 Å². The predicted octanol–water partition coefficient (Wildman–Crippen LogP) is 0.755. The molecule has 24 heavy (non-hydrogen) atoms. The summed E-state index contributed by atoms with van der Waals surface area (Å²) < 4.78 is 36.3. The van der Waals surface area contributed by atoms with Crippen LogP contribution >= 0.6 is 0 Å². The molecule has 3 unspecified atom stereocenters. The number of carbonyl (C=O) groups is 1. The highest BCUT2D eigenvalue weighted by atomic mass is 32.2. The van der Waals surface area contributed by atoms with Gasteiger partial charge >= 0.3 is 0 Å². The molecular formula is C16H22N2O5S. The largest absolute Gasteiger partial charge is 0.482 e. The molecule has 1 aromatic rings. The Hall–Kier alpha value is -1.80. The van der Waals surface area contributed by atoms with E-state index in [-0.39, 0.29) is 11.9 Å². The van der Waals surface area contributed by atoms with Crippen LogP contribution < -0.4 is 14.8 Å². The molecule has 2 aliphatic rings. The van der Waals surface area contributed by atoms with Gasteiger partial charge in [-0.25, -0.2) is 12.7 Å². The molecule has 1 fully saturated rings. The Morgan fingerprint density at radius 3 is 2.58 bits per heavy atom. The highest BCUT2D eigenvalue weighted by Crippen LogP contribution is 2.33. The second-order valence-corrected chi connectivity index (χ2v) is 8.26. The molecule has 7 nitrogen and oxygen atoms in total. The van der Waals surface area contributed by atoms with Gasteiger partial charge < -0.3 is 14.8 Å². The molecule has 2 aliphatic heterocycles. The topological polar surface area (TPSA) is 84.9 Å². The summed E-state index contributed by atoms with van der Waals surface area (Å²) in [5.41, 5.74) is 0. The molecule has 1 amide bonds. The molecule has 0 radical (unpaired) electrons. The molecule has 1 aromatic carbocycles. The van der Waals surface area contributed by atoms with Gasteiger partial charge in [-0.1, -0.05) is 12.1 Å². The fraction of sp³-hybridized carbons (Fsp3) is 0.562. The van der Waals surface area contributed by atoms with Crippen LogP contribution in [0.2, 0.25) is 0 Å². The second kappa shape index (κ2) is 6.60. The van der Waals surface area contributed by atoms with Gasteiger partial charge in [0.05, 0.1) is 6.26 Å². The molecule has 3 atom stereocenters. The standard InChI is InChI=1S/C16H22N2O5S/c1-11-15(23-14-8-4-3-7-13(14)22-11)16(19)17-12-6-5-9-18(10-12)24(2,20)21/h3-4,7-8,11-12,15H,5-6,9-10H2,1-2H3,(H,17,19). The Morgan fingerprint density at radius 2 is 1.92 bits per heavy atom. The first-order valence-electron chi connectivity index (χ1n) is 8.02. The van der Waals surface area contributed by atoms with Crippen molar-refractivity contribution in [3.63, 3.8) is 0 Å². The lowest BCUT2D eigenvalue weighted by Gasteiger charge is -2.34. The molecule has 0 aromatic heterocycles. The number of hydrogen-bond donors (Lipinski definition) is 1. The number of rotatable bonds is 3. The highest BCUT2D eigenvalue weighted by Gasteiger charge is 2.36. The molecule has 1 saturated heterocycles. The van der Waals surface area contributed by atoms with E-state index < -0.39 is 22.2 Å². The number of para-hydroxylation sites is 2. The van der Waals surface area contributed by atoms with E-state index in [1.54, 1.807) is 19.1 Å². The summed E-state index contributed by atoms with van der Waals surface area (Å²) in [6, 6.07) is 7.00. The van der Waals surface area contributed by atoms with E-state index in [1.165, 1.54) is 10.6 Å². The third-order valence-electron chi connectivity index (χ3n) is 4.30. The van der Waals surface area contributed by atoms with Crippen LogP contribution in [-0.2, 0) is 14.8 Å². The quantitative estimate of drug-likeness (QED) is 0.866. The molecule has 3 rings (SSSR count). The van der Waals surface area contributed by atoms with Gasteiger partial charge in [-0.05, 0) is 31.9 Å². The van der Waals surface area contributed by atoms with E-state index >= 15 is 0 Å². The van der Waals surface area contributed by atoms with Crippen molar-refractivity contribution < 1.29 is 22.7 Å². The van der Waals surface area contributed by atoms with Crippen molar-refractivity contribution in [1.82, 2.24) is 9.62 Å². The predicted molar refractivity (Wildman–Crippen MR) is 88.5 cm³/mol. The molecule has 0 aliphatic carbocycles. The number of nitrogens with one attached hydrogen (secondary N) is 1. The van der Waals surface area contributed by atoms with Crippen molar-refractivity contribution in [1.29, 1.82) is 0 Å². The smallest absolute Gasteiger partial charge is 0.265 e. The van der Waals surface area contributed by atoms with Crippen molar-refractivity contribution in [3.05, 3.63) is 24.3 Å². The summed E-state index contributed by atoms with van der Waals surface area (Å²) in [6.45, 7) is 2.57. The van der Waals surface area contributed by atoms with Crippen molar-refractivity contribution in [2.75, 3.05) is 19.3 Å². The summed E-state index contributed by atoms with van der Waals surface area (Å²) in [5, 5.41) is 2.90. The van der Waals surface area contributed by atoms with Crippen LogP contribution in [0.4, 0.5) is 0 Å². The van der Waals surface area contributed by atoms with Crippen LogP contribution in [0.25, 0.3) is 0 Å². The SMILES string of the molecule is CC1Oc2ccccc2OC1C(=O)NC1CCCN(S(C)(=O)=O)C1. The number of benzene rings is 1. The van der Waals surface area contributed by atoms with Crippen molar-refractivity contribution >= 4 is 15.9 Å². The Bertz CT molecular complexity index is 721. The van der Waals surface area contributed by atoms with Crippen LogP contribution in [0, 0.1) is 0 Å². The Labute approximate surface area is 142 Å². The Kier molecular flexibility index (Phi) is 4.69. The zero-order valence-electron chi connectivity index (χ0n) is 13.8. The van der Waals surface area contributed by atoms with Gasteiger partial charge in [-0.15, -0.1) is 0 Å². The molecule has 0 bridgehead atoms. The zero-order chi connectivity index (χ0) is 17.3. The summed E-state index contributed by atoms with van der Waals surface area (Å²) in [4.78, 5) is 12.6. The number of nitrogens with zero attached hydrogens (tertiary/aromatic N) is 1. The lowest BCUT2D eigenvalue weighted by Crippen LogP contribution is -2.55. The van der Waals surface area contributed by atoms with E-state index in [2.05, 4.69) is 5.32 Å². The third kappa shape index (κ3) is 3.64. The lowest BCUT2D eigenvalue weighted by atomic mass is 10.1. The Balaban J connectivity index is 1.65. The average molecular weight is 354 g/mol. The van der Waals surface area contributed by atoms with E-state index in [0.29, 0.717) is 24.6 Å². The van der Waals surface area contributed by atoms with Gasteiger partial charge in [-0.2, -0.15) is 0 Å². The molecule has 8 heteroatoms. The van der Waals surface area contributed by atoms with Crippen LogP contribution in [0.3, 0.4) is 0 Å². The van der Waals surface area contributed by atoms with Gasteiger partial charge in [0.1, 0.15) is 6.10 Å². The van der Waals surface area contributed by atoms with Crippen LogP contribution in [0.1, 0.15) is 19.8 Å². The maximum atomic E-state index is 12.6. The monoisotopic (exact) mass is 354 g/mol. The summed E-state index contributed by atoms with van der Waals surface area (Å²) >= 11 is 0. The van der Waals surface area contributed by atoms with E-state index in [1.807, 2.05) is 12.1 Å². The molecule has 0 spiro atoms. The fourth-order valence-electron chi connectivity index (χ4n) is 3.05. The summed E-state index contributed by atoms with van der Waals surface area (Å²) in [7, 11) is -3.24. The second-order valence-electron chi connectivity index (χ2n) is 6.28. The van der Waals surface area contributed by atoms with E-state index in [9.17, 15) is 13.2 Å². The number of amides is 1. The molecular weight excluding hydrogens is 332 g/mol. The number of fused-ring (bicyclic) bond motifs is 1. The summed E-state index contributed by atoms with van der Waals surface area (Å²) in [6.07, 6.45) is 1.48. The number of piperidine rings is 1. The van der Waals surface area contributed by atoms with E-state index in [0.717, 1.165) is 12.8 Å². The number of carbonyl (C=O) groups excluding carboxylic acids is 1. The number of hydrogen-bond acceptors (Lipinski definition) is 5. The molecule has 0 saturated carbocycles. The number of sulfonamides is 1. The lowest BCUT2D eigenvalue weighted by molar-refractivity contribution is -0.134. The van der Waals surface area contributed by atoms with Gasteiger partial charge in [-0.3, -0.25) is 4.79 Å². The molecule has 2 heterocycles. The zero-order valence-corrected chi connectivity index (χ0v) is 14.6. The fourth-order valence-corrected chi connectivity index (χ4v) is 3.96. The maximum Gasteiger partial charge on any atom is 0.265 e. The third-order valence-corrected chi connectivity index (χ3v) is 5.57. The van der Waals surface area contributed by atoms with E-state index in [4.69, 9.17) is 9.47 Å². The minimum atomic E-state index is -3.24. The van der Waals surface area contributed by atoms with Crippen LogP contribution in [0.5, 0.6) is 11.5 Å². The first kappa shape index (κ1) is 17.0. The highest BCUT2D eigenvalue weighted by molar-refractivity contribution is 7.88. The van der Waals surface area contributed by atoms with Crippen molar-refractivity contribution in [2.45, 2.75) is 38.0 Å². The van der Waals surface area contributed by atoms with Crippen LogP contribution in [0.15, 0.2) is 24.3 Å². The molecule has 132 valence electrons. The summed E-state index contributed by atoms with van der Waals surface area (Å²) in [5.74, 6) is 0.879. The Morgan fingerprint density at radius 1 is 1.25 bits per heavy atom. The normalized spacial score (nSPS) is 27.5.